The Balaban J connectivity index is 1.49. The van der Waals surface area contributed by atoms with Crippen molar-refractivity contribution in [3.8, 4) is 0 Å². The summed E-state index contributed by atoms with van der Waals surface area (Å²) in [7, 11) is 0. The molecule has 1 aromatic rings. The van der Waals surface area contributed by atoms with E-state index in [1.54, 1.807) is 6.92 Å². The minimum atomic E-state index is -2.88. The summed E-state index contributed by atoms with van der Waals surface area (Å²) in [4.78, 5) is 24.9. The van der Waals surface area contributed by atoms with E-state index in [4.69, 9.17) is 4.98 Å². The molecule has 0 bridgehead atoms. The number of nitrogens with zero attached hydrogens (tertiary/aromatic N) is 4. The molecular formula is C21H28F2N4O. The second kappa shape index (κ2) is 6.36. The minimum Gasteiger partial charge on any atom is -0.356 e. The molecule has 1 saturated carbocycles. The summed E-state index contributed by atoms with van der Waals surface area (Å²) in [5.41, 5.74) is 0.619. The minimum absolute atomic E-state index is 0.0371. The van der Waals surface area contributed by atoms with Crippen molar-refractivity contribution in [1.29, 1.82) is 0 Å². The van der Waals surface area contributed by atoms with Crippen LogP contribution in [-0.2, 0) is 17.1 Å². The number of rotatable bonds is 4. The van der Waals surface area contributed by atoms with Gasteiger partial charge in [0.15, 0.2) is 0 Å². The molecule has 3 fully saturated rings. The first-order valence-corrected chi connectivity index (χ1v) is 10.7. The van der Waals surface area contributed by atoms with E-state index in [0.29, 0.717) is 54.6 Å². The van der Waals surface area contributed by atoms with Gasteiger partial charge in [-0.3, -0.25) is 0 Å². The fraction of sp³-hybridized carbons (Fsp3) is 0.762. The zero-order chi connectivity index (χ0) is 19.6. The monoisotopic (exact) mass is 390 g/mol. The lowest BCUT2D eigenvalue weighted by molar-refractivity contribution is -0.117. The summed E-state index contributed by atoms with van der Waals surface area (Å²) in [5.74, 6) is 0.0523. The quantitative estimate of drug-likeness (QED) is 0.736. The summed E-state index contributed by atoms with van der Waals surface area (Å²) in [5, 5.41) is 0. The number of aromatic nitrogens is 2. The van der Waals surface area contributed by atoms with Crippen LogP contribution in [0.1, 0.15) is 57.2 Å². The number of alkyl halides is 2. The molecule has 7 heteroatoms. The highest BCUT2D eigenvalue weighted by Crippen LogP contribution is 2.55. The van der Waals surface area contributed by atoms with Crippen LogP contribution in [0.5, 0.6) is 0 Å². The predicted octanol–water partition coefficient (Wildman–Crippen LogP) is 3.55. The maximum Gasteiger partial charge on any atom is 0.290 e. The van der Waals surface area contributed by atoms with Crippen LogP contribution in [0.25, 0.3) is 0 Å². The summed E-state index contributed by atoms with van der Waals surface area (Å²) >= 11 is 0. The molecular weight excluding hydrogens is 362 g/mol. The van der Waals surface area contributed by atoms with Gasteiger partial charge in [0.2, 0.25) is 5.95 Å². The molecule has 5 nitrogen and oxygen atoms in total. The molecule has 4 atom stereocenters. The molecule has 2 aliphatic heterocycles. The molecule has 4 aliphatic rings. The molecule has 0 spiro atoms. The lowest BCUT2D eigenvalue weighted by Crippen LogP contribution is -2.47. The Morgan fingerprint density at radius 2 is 1.96 bits per heavy atom. The maximum atomic E-state index is 14.9. The van der Waals surface area contributed by atoms with Crippen LogP contribution >= 0.6 is 0 Å². The van der Waals surface area contributed by atoms with Crippen molar-refractivity contribution in [2.24, 2.45) is 17.8 Å². The van der Waals surface area contributed by atoms with E-state index in [0.717, 1.165) is 38.3 Å². The van der Waals surface area contributed by atoms with E-state index < -0.39 is 5.92 Å². The van der Waals surface area contributed by atoms with Crippen molar-refractivity contribution in [3.05, 3.63) is 11.3 Å². The average molecular weight is 390 g/mol. The molecule has 28 heavy (non-hydrogen) atoms. The van der Waals surface area contributed by atoms with Gasteiger partial charge in [-0.15, -0.1) is 0 Å². The van der Waals surface area contributed by atoms with Crippen LogP contribution in [0, 0.1) is 17.8 Å². The largest absolute Gasteiger partial charge is 0.356 e. The molecule has 5 rings (SSSR count). The number of anilines is 2. The summed E-state index contributed by atoms with van der Waals surface area (Å²) in [6.45, 7) is 6.22. The van der Waals surface area contributed by atoms with Crippen molar-refractivity contribution in [1.82, 2.24) is 9.97 Å². The van der Waals surface area contributed by atoms with E-state index in [9.17, 15) is 13.6 Å². The van der Waals surface area contributed by atoms with Gasteiger partial charge in [0.1, 0.15) is 17.3 Å². The van der Waals surface area contributed by atoms with E-state index in [1.165, 1.54) is 0 Å². The lowest BCUT2D eigenvalue weighted by atomic mass is 10.0. The zero-order valence-electron chi connectivity index (χ0n) is 16.6. The number of carbonyl (C=O) groups excluding carboxylic acids is 1. The van der Waals surface area contributed by atoms with Crippen LogP contribution in [-0.4, -0.2) is 41.4 Å². The zero-order valence-corrected chi connectivity index (χ0v) is 16.6. The molecule has 2 unspecified atom stereocenters. The Labute approximate surface area is 164 Å². The molecule has 3 heterocycles. The first kappa shape index (κ1) is 18.3. The molecule has 0 aromatic carbocycles. The molecule has 152 valence electrons. The number of fused-ring (bicyclic) bond motifs is 2. The highest BCUT2D eigenvalue weighted by Gasteiger charge is 2.56. The van der Waals surface area contributed by atoms with Crippen molar-refractivity contribution < 1.29 is 13.6 Å². The Morgan fingerprint density at radius 3 is 2.57 bits per heavy atom. The van der Waals surface area contributed by atoms with Crippen LogP contribution in [0.3, 0.4) is 0 Å². The highest BCUT2D eigenvalue weighted by atomic mass is 19.3. The molecule has 0 N–H and O–H groups in total. The van der Waals surface area contributed by atoms with Crippen molar-refractivity contribution >= 4 is 17.5 Å². The first-order valence-electron chi connectivity index (χ1n) is 10.7. The number of carbonyl (C=O) groups is 1. The Morgan fingerprint density at radius 1 is 1.21 bits per heavy atom. The van der Waals surface area contributed by atoms with E-state index in [-0.39, 0.29) is 17.9 Å². The van der Waals surface area contributed by atoms with Crippen LogP contribution in [0.15, 0.2) is 0 Å². The summed E-state index contributed by atoms with van der Waals surface area (Å²) in [6, 6.07) is 0.303. The lowest BCUT2D eigenvalue weighted by Gasteiger charge is -2.39. The number of ketones is 1. The van der Waals surface area contributed by atoms with Gasteiger partial charge >= 0.3 is 0 Å². The summed E-state index contributed by atoms with van der Waals surface area (Å²) in [6.07, 6.45) is 3.47. The van der Waals surface area contributed by atoms with E-state index >= 15 is 0 Å². The van der Waals surface area contributed by atoms with Gasteiger partial charge in [0, 0.05) is 44.1 Å². The van der Waals surface area contributed by atoms with Gasteiger partial charge in [-0.05, 0) is 57.3 Å². The second-order valence-electron chi connectivity index (χ2n) is 9.22. The van der Waals surface area contributed by atoms with Crippen LogP contribution in [0.2, 0.25) is 0 Å². The Kier molecular flexibility index (Phi) is 4.14. The molecule has 2 saturated heterocycles. The van der Waals surface area contributed by atoms with Crippen LogP contribution < -0.4 is 9.80 Å². The smallest absolute Gasteiger partial charge is 0.290 e. The Hall–Kier alpha value is -1.79. The van der Waals surface area contributed by atoms with Crippen LogP contribution in [0.4, 0.5) is 20.5 Å². The van der Waals surface area contributed by atoms with Gasteiger partial charge in [0.05, 0.1) is 0 Å². The highest BCUT2D eigenvalue weighted by molar-refractivity contribution is 5.76. The fourth-order valence-corrected chi connectivity index (χ4v) is 5.42. The van der Waals surface area contributed by atoms with E-state index in [2.05, 4.69) is 16.8 Å². The van der Waals surface area contributed by atoms with Gasteiger partial charge in [-0.25, -0.2) is 4.98 Å². The summed E-state index contributed by atoms with van der Waals surface area (Å²) < 4.78 is 29.8. The van der Waals surface area contributed by atoms with Gasteiger partial charge in [-0.2, -0.15) is 13.8 Å². The third-order valence-corrected chi connectivity index (χ3v) is 7.26. The molecule has 1 aromatic heterocycles. The van der Waals surface area contributed by atoms with Crippen molar-refractivity contribution in [2.45, 2.75) is 64.3 Å². The fourth-order valence-electron chi connectivity index (χ4n) is 5.42. The standard InChI is InChI=1S/C21H28F2N4O/c1-12-6-8-27(12)20-24-18-14(5-3-4-7-21(18,22)23)19(25-20)26-10-16-15(9-13(2)28)17(16)11-26/h12,15-17H,3-11H2,1-2H3/t12?,15?,16-,17+. The van der Waals surface area contributed by atoms with Crippen molar-refractivity contribution in [2.75, 3.05) is 29.4 Å². The van der Waals surface area contributed by atoms with E-state index in [1.807, 2.05) is 4.90 Å². The number of hydrogen-bond donors (Lipinski definition) is 0. The van der Waals surface area contributed by atoms with Gasteiger partial charge in [-0.1, -0.05) is 0 Å². The third-order valence-electron chi connectivity index (χ3n) is 7.26. The second-order valence-corrected chi connectivity index (χ2v) is 9.22. The first-order chi connectivity index (χ1) is 13.3. The normalized spacial score (nSPS) is 33.0. The third kappa shape index (κ3) is 2.89. The van der Waals surface area contributed by atoms with Gasteiger partial charge < -0.3 is 14.6 Å². The topological polar surface area (TPSA) is 49.3 Å². The molecule has 0 amide bonds. The molecule has 2 aliphatic carbocycles. The predicted molar refractivity (Wildman–Crippen MR) is 103 cm³/mol. The SMILES string of the molecule is CC(=O)CC1[C@H]2CN(c3nc(N4CCC4C)nc4c3CCCCC4(F)F)C[C@@H]12. The number of Topliss-reactive ketones (excluding diaryl/α,β-unsaturated/α-hetero) is 1. The number of halogens is 2. The van der Waals surface area contributed by atoms with Crippen molar-refractivity contribution in [3.63, 3.8) is 0 Å². The number of piperidine rings is 1. The average Bonchev–Trinajstić information content (AvgIpc) is 3.10. The Bertz CT molecular complexity index is 802. The van der Waals surface area contributed by atoms with Gasteiger partial charge in [0.25, 0.3) is 5.92 Å². The number of hydrogen-bond acceptors (Lipinski definition) is 5. The maximum absolute atomic E-state index is 14.9. The molecule has 0 radical (unpaired) electrons.